The van der Waals surface area contributed by atoms with Crippen LogP contribution in [0, 0.1) is 0 Å². The van der Waals surface area contributed by atoms with Crippen LogP contribution in [0.2, 0.25) is 0 Å². The summed E-state index contributed by atoms with van der Waals surface area (Å²) < 4.78 is 0. The van der Waals surface area contributed by atoms with Crippen LogP contribution in [-0.4, -0.2) is 36.1 Å². The predicted molar refractivity (Wildman–Crippen MR) is 120 cm³/mol. The number of nitrogens with one attached hydrogen (secondary N) is 1. The lowest BCUT2D eigenvalue weighted by molar-refractivity contribution is 0.580. The fourth-order valence-corrected chi connectivity index (χ4v) is 3.22. The number of nitrogens with zero attached hydrogens (tertiary/aromatic N) is 3. The standard InChI is InChI=1S/C21H28N4.2ClH/c1-15(2)17-7-6-16(14-18(17)21(3,4)5)19-8-9-23-20(24-19)25-12-10-22-11-13-25;;/h6-9,14,22H,1,10-13H2,2-5H3;2*1H. The van der Waals surface area contributed by atoms with Crippen molar-refractivity contribution in [2.45, 2.75) is 33.1 Å². The highest BCUT2D eigenvalue weighted by molar-refractivity contribution is 5.85. The molecule has 1 N–H and O–H groups in total. The van der Waals surface area contributed by atoms with Crippen molar-refractivity contribution in [3.63, 3.8) is 0 Å². The lowest BCUT2D eigenvalue weighted by atomic mass is 9.81. The van der Waals surface area contributed by atoms with Crippen LogP contribution in [0.4, 0.5) is 5.95 Å². The first-order chi connectivity index (χ1) is 11.9. The maximum atomic E-state index is 4.83. The second-order valence-corrected chi connectivity index (χ2v) is 7.77. The zero-order chi connectivity index (χ0) is 18.0. The minimum Gasteiger partial charge on any atom is -0.338 e. The highest BCUT2D eigenvalue weighted by Crippen LogP contribution is 2.33. The number of hydrogen-bond donors (Lipinski definition) is 1. The summed E-state index contributed by atoms with van der Waals surface area (Å²) in [6, 6.07) is 8.57. The molecule has 1 aliphatic heterocycles. The average molecular weight is 409 g/mol. The van der Waals surface area contributed by atoms with Crippen molar-refractivity contribution in [1.29, 1.82) is 0 Å². The van der Waals surface area contributed by atoms with Gasteiger partial charge in [-0.05, 0) is 35.6 Å². The summed E-state index contributed by atoms with van der Waals surface area (Å²) in [4.78, 5) is 11.6. The third kappa shape index (κ3) is 5.44. The Morgan fingerprint density at radius 3 is 2.37 bits per heavy atom. The summed E-state index contributed by atoms with van der Waals surface area (Å²) in [6.45, 7) is 16.8. The molecule has 2 aromatic rings. The van der Waals surface area contributed by atoms with E-state index in [2.05, 4.69) is 67.7 Å². The first kappa shape index (κ1) is 23.4. The minimum absolute atomic E-state index is 0. The number of benzene rings is 1. The van der Waals surface area contributed by atoms with Gasteiger partial charge in [0.1, 0.15) is 0 Å². The van der Waals surface area contributed by atoms with E-state index in [4.69, 9.17) is 4.98 Å². The third-order valence-corrected chi connectivity index (χ3v) is 4.63. The van der Waals surface area contributed by atoms with Crippen molar-refractivity contribution >= 4 is 36.3 Å². The fraction of sp³-hybridized carbons (Fsp3) is 0.429. The molecule has 148 valence electrons. The van der Waals surface area contributed by atoms with E-state index in [1.54, 1.807) is 0 Å². The molecule has 1 fully saturated rings. The van der Waals surface area contributed by atoms with Crippen LogP contribution in [0.3, 0.4) is 0 Å². The van der Waals surface area contributed by atoms with Gasteiger partial charge < -0.3 is 10.2 Å². The SMILES string of the molecule is C=C(C)c1ccc(-c2ccnc(N3CCNCC3)n2)cc1C(C)(C)C.Cl.Cl. The third-order valence-electron chi connectivity index (χ3n) is 4.63. The second kappa shape index (κ2) is 9.54. The molecule has 0 atom stereocenters. The average Bonchev–Trinajstić information content (AvgIpc) is 2.61. The quantitative estimate of drug-likeness (QED) is 0.796. The number of halogens is 2. The second-order valence-electron chi connectivity index (χ2n) is 7.77. The Morgan fingerprint density at radius 1 is 1.11 bits per heavy atom. The van der Waals surface area contributed by atoms with Gasteiger partial charge >= 0.3 is 0 Å². The van der Waals surface area contributed by atoms with E-state index in [-0.39, 0.29) is 30.2 Å². The molecule has 0 amide bonds. The van der Waals surface area contributed by atoms with Crippen molar-refractivity contribution in [1.82, 2.24) is 15.3 Å². The summed E-state index contributed by atoms with van der Waals surface area (Å²) >= 11 is 0. The van der Waals surface area contributed by atoms with Gasteiger partial charge in [-0.2, -0.15) is 0 Å². The number of allylic oxidation sites excluding steroid dienone is 1. The highest BCUT2D eigenvalue weighted by atomic mass is 35.5. The summed E-state index contributed by atoms with van der Waals surface area (Å²) in [5.41, 5.74) is 5.79. The smallest absolute Gasteiger partial charge is 0.225 e. The van der Waals surface area contributed by atoms with Crippen molar-refractivity contribution in [3.05, 3.63) is 48.2 Å². The van der Waals surface area contributed by atoms with E-state index in [9.17, 15) is 0 Å². The van der Waals surface area contributed by atoms with Gasteiger partial charge in [0.25, 0.3) is 0 Å². The number of piperazine rings is 1. The van der Waals surface area contributed by atoms with E-state index in [1.807, 2.05) is 12.3 Å². The van der Waals surface area contributed by atoms with Crippen molar-refractivity contribution in [2.24, 2.45) is 0 Å². The van der Waals surface area contributed by atoms with Crippen molar-refractivity contribution in [3.8, 4) is 11.3 Å². The van der Waals surface area contributed by atoms with E-state index in [0.717, 1.165) is 49.0 Å². The first-order valence-corrected chi connectivity index (χ1v) is 8.96. The molecule has 2 heterocycles. The largest absolute Gasteiger partial charge is 0.338 e. The molecule has 0 aliphatic carbocycles. The molecule has 0 bridgehead atoms. The first-order valence-electron chi connectivity index (χ1n) is 8.96. The molecular weight excluding hydrogens is 379 g/mol. The van der Waals surface area contributed by atoms with Gasteiger partial charge in [-0.25, -0.2) is 9.97 Å². The van der Waals surface area contributed by atoms with E-state index < -0.39 is 0 Å². The molecule has 0 radical (unpaired) electrons. The maximum Gasteiger partial charge on any atom is 0.225 e. The minimum atomic E-state index is 0. The van der Waals surface area contributed by atoms with Gasteiger partial charge in [0.05, 0.1) is 5.69 Å². The Hall–Kier alpha value is -1.62. The highest BCUT2D eigenvalue weighted by Gasteiger charge is 2.20. The molecule has 4 nitrogen and oxygen atoms in total. The Kier molecular flexibility index (Phi) is 8.27. The van der Waals surface area contributed by atoms with Crippen LogP contribution in [0.15, 0.2) is 37.0 Å². The fourth-order valence-electron chi connectivity index (χ4n) is 3.22. The normalized spacial score (nSPS) is 14.1. The summed E-state index contributed by atoms with van der Waals surface area (Å²) in [5.74, 6) is 0.820. The number of rotatable bonds is 3. The Morgan fingerprint density at radius 2 is 1.78 bits per heavy atom. The molecule has 0 spiro atoms. The molecule has 3 rings (SSSR count). The number of anilines is 1. The van der Waals surface area contributed by atoms with Crippen LogP contribution >= 0.6 is 24.8 Å². The van der Waals surface area contributed by atoms with Crippen LogP contribution in [0.25, 0.3) is 16.8 Å². The van der Waals surface area contributed by atoms with Crippen molar-refractivity contribution < 1.29 is 0 Å². The molecule has 1 aliphatic rings. The summed E-state index contributed by atoms with van der Waals surface area (Å²) in [5, 5.41) is 3.37. The molecule has 0 unspecified atom stereocenters. The van der Waals surface area contributed by atoms with Crippen LogP contribution in [-0.2, 0) is 5.41 Å². The Bertz CT molecular complexity index is 778. The van der Waals surface area contributed by atoms with Gasteiger partial charge in [-0.3, -0.25) is 0 Å². The van der Waals surface area contributed by atoms with E-state index >= 15 is 0 Å². The predicted octanol–water partition coefficient (Wildman–Crippen LogP) is 4.73. The van der Waals surface area contributed by atoms with Crippen LogP contribution in [0.5, 0.6) is 0 Å². The topological polar surface area (TPSA) is 41.1 Å². The van der Waals surface area contributed by atoms with Crippen molar-refractivity contribution in [2.75, 3.05) is 31.1 Å². The summed E-state index contributed by atoms with van der Waals surface area (Å²) in [7, 11) is 0. The molecule has 27 heavy (non-hydrogen) atoms. The monoisotopic (exact) mass is 408 g/mol. The zero-order valence-electron chi connectivity index (χ0n) is 16.6. The van der Waals surface area contributed by atoms with Gasteiger partial charge in [-0.1, -0.05) is 45.1 Å². The van der Waals surface area contributed by atoms with Gasteiger partial charge in [-0.15, -0.1) is 24.8 Å². The lowest BCUT2D eigenvalue weighted by Gasteiger charge is -2.27. The lowest BCUT2D eigenvalue weighted by Crippen LogP contribution is -2.44. The zero-order valence-corrected chi connectivity index (χ0v) is 18.2. The molecule has 6 heteroatoms. The van der Waals surface area contributed by atoms with E-state index in [1.165, 1.54) is 11.1 Å². The molecule has 0 saturated carbocycles. The summed E-state index contributed by atoms with van der Waals surface area (Å²) in [6.07, 6.45) is 1.86. The van der Waals surface area contributed by atoms with E-state index in [0.29, 0.717) is 0 Å². The van der Waals surface area contributed by atoms with Crippen LogP contribution in [0.1, 0.15) is 38.8 Å². The Labute approximate surface area is 175 Å². The molecular formula is C21H30Cl2N4. The van der Waals surface area contributed by atoms with Gasteiger partial charge in [0, 0.05) is 37.9 Å². The molecule has 1 saturated heterocycles. The number of aromatic nitrogens is 2. The molecule has 1 aromatic carbocycles. The Balaban J connectivity index is 0.00000182. The van der Waals surface area contributed by atoms with Gasteiger partial charge in [0.15, 0.2) is 0 Å². The molecule has 1 aromatic heterocycles. The van der Waals surface area contributed by atoms with Gasteiger partial charge in [0.2, 0.25) is 5.95 Å². The maximum absolute atomic E-state index is 4.83. The number of hydrogen-bond acceptors (Lipinski definition) is 4. The van der Waals surface area contributed by atoms with Crippen LogP contribution < -0.4 is 10.2 Å².